The van der Waals surface area contributed by atoms with Gasteiger partial charge in [0, 0.05) is 5.69 Å². The number of carbonyl (C=O) groups excluding carboxylic acids is 3. The average molecular weight is 355 g/mol. The molecule has 25 heavy (non-hydrogen) atoms. The molecule has 128 valence electrons. The van der Waals surface area contributed by atoms with Crippen molar-refractivity contribution in [2.75, 3.05) is 10.2 Å². The van der Waals surface area contributed by atoms with Crippen molar-refractivity contribution in [3.05, 3.63) is 59.2 Å². The Hall–Kier alpha value is -2.80. The average Bonchev–Trinajstić information content (AvgIpc) is 2.85. The molecule has 0 aliphatic carbocycles. The molecule has 0 spiro atoms. The van der Waals surface area contributed by atoms with E-state index >= 15 is 0 Å². The van der Waals surface area contributed by atoms with E-state index in [9.17, 15) is 19.5 Å². The summed E-state index contributed by atoms with van der Waals surface area (Å²) in [6, 6.07) is 11.2. The van der Waals surface area contributed by atoms with Crippen LogP contribution in [0, 0.1) is 13.8 Å². The summed E-state index contributed by atoms with van der Waals surface area (Å²) in [6.07, 6.45) is 0. The smallest absolute Gasteiger partial charge is 0.295 e. The maximum atomic E-state index is 12.6. The number of aryl methyl sites for hydroxylation is 2. The minimum atomic E-state index is -1.27. The van der Waals surface area contributed by atoms with Crippen molar-refractivity contribution in [1.29, 1.82) is 0 Å². The molecule has 2 aromatic rings. The van der Waals surface area contributed by atoms with Crippen LogP contribution in [0.2, 0.25) is 0 Å². The van der Waals surface area contributed by atoms with Crippen molar-refractivity contribution in [3.8, 4) is 0 Å². The predicted octanol–water partition coefficient (Wildman–Crippen LogP) is 2.30. The third-order valence-electron chi connectivity index (χ3n) is 4.01. The van der Waals surface area contributed by atoms with Gasteiger partial charge in [0.05, 0.1) is 11.7 Å². The lowest BCUT2D eigenvalue weighted by molar-refractivity contribution is -0.255. The van der Waals surface area contributed by atoms with Crippen LogP contribution in [0.25, 0.3) is 0 Å². The zero-order valence-corrected chi connectivity index (χ0v) is 14.4. The summed E-state index contributed by atoms with van der Waals surface area (Å²) in [5.41, 5.74) is 3.21. The number of hydrogen-bond acceptors (Lipinski definition) is 6. The number of carboxylic acid groups (broad SMARTS) is 1. The molecule has 0 unspecified atom stereocenters. The first-order valence-electron chi connectivity index (χ1n) is 7.56. The van der Waals surface area contributed by atoms with Gasteiger partial charge in [-0.15, -0.1) is 0 Å². The number of carbonyl (C=O) groups is 3. The Kier molecular flexibility index (Phi) is 4.50. The largest absolute Gasteiger partial charge is 0.545 e. The van der Waals surface area contributed by atoms with E-state index in [1.54, 1.807) is 6.07 Å². The van der Waals surface area contributed by atoms with Crippen LogP contribution in [0.3, 0.4) is 0 Å². The van der Waals surface area contributed by atoms with Crippen LogP contribution < -0.4 is 15.3 Å². The minimum Gasteiger partial charge on any atom is -0.545 e. The van der Waals surface area contributed by atoms with Gasteiger partial charge in [0.2, 0.25) is 0 Å². The zero-order chi connectivity index (χ0) is 18.1. The molecule has 1 saturated heterocycles. The molecular weight excluding hydrogens is 340 g/mol. The molecule has 0 aromatic heterocycles. The quantitative estimate of drug-likeness (QED) is 0.905. The molecule has 6 nitrogen and oxygen atoms in total. The van der Waals surface area contributed by atoms with E-state index in [1.807, 2.05) is 26.0 Å². The highest BCUT2D eigenvalue weighted by atomic mass is 32.2. The van der Waals surface area contributed by atoms with Gasteiger partial charge in [-0.2, -0.15) is 0 Å². The van der Waals surface area contributed by atoms with Gasteiger partial charge < -0.3 is 15.2 Å². The van der Waals surface area contributed by atoms with Crippen LogP contribution in [0.5, 0.6) is 0 Å². The lowest BCUT2D eigenvalue weighted by atomic mass is 10.1. The van der Waals surface area contributed by atoms with E-state index in [0.29, 0.717) is 11.4 Å². The van der Waals surface area contributed by atoms with Gasteiger partial charge in [-0.3, -0.25) is 9.59 Å². The molecule has 0 saturated carbocycles. The molecular formula is C18H15N2O4S-. The van der Waals surface area contributed by atoms with E-state index in [1.165, 1.54) is 24.3 Å². The van der Waals surface area contributed by atoms with E-state index < -0.39 is 11.3 Å². The number of rotatable bonds is 4. The Labute approximate surface area is 148 Å². The third-order valence-corrected chi connectivity index (χ3v) is 4.95. The summed E-state index contributed by atoms with van der Waals surface area (Å²) in [5, 5.41) is 12.6. The van der Waals surface area contributed by atoms with Crippen LogP contribution in [0.15, 0.2) is 42.5 Å². The fourth-order valence-electron chi connectivity index (χ4n) is 2.45. The Morgan fingerprint density at radius 2 is 1.76 bits per heavy atom. The number of thioether (sulfide) groups is 1. The van der Waals surface area contributed by atoms with Gasteiger partial charge in [0.15, 0.2) is 5.37 Å². The molecule has 1 fully saturated rings. The van der Waals surface area contributed by atoms with Crippen molar-refractivity contribution in [3.63, 3.8) is 0 Å². The summed E-state index contributed by atoms with van der Waals surface area (Å²) in [7, 11) is 0. The SMILES string of the molecule is Cc1ccc(N2C(=O)S[C@H](Nc3ccc(C(=O)[O-])cc3)C2=O)cc1C. The standard InChI is InChI=1S/C18H16N2O4S/c1-10-3-8-14(9-11(10)2)20-16(21)15(25-18(20)24)19-13-6-4-12(5-7-13)17(22)23/h3-9,15,19H,1-2H3,(H,22,23)/p-1/t15-/m0/s1. The number of hydrogen-bond donors (Lipinski definition) is 1. The topological polar surface area (TPSA) is 89.5 Å². The van der Waals surface area contributed by atoms with E-state index in [0.717, 1.165) is 27.8 Å². The minimum absolute atomic E-state index is 0.0452. The monoisotopic (exact) mass is 355 g/mol. The fraction of sp³-hybridized carbons (Fsp3) is 0.167. The summed E-state index contributed by atoms with van der Waals surface area (Å²) in [5.74, 6) is -1.63. The second kappa shape index (κ2) is 6.60. The summed E-state index contributed by atoms with van der Waals surface area (Å²) in [4.78, 5) is 36.8. The molecule has 1 aliphatic rings. The number of nitrogens with zero attached hydrogens (tertiary/aromatic N) is 1. The molecule has 1 atom stereocenters. The van der Waals surface area contributed by atoms with Crippen LogP contribution in [0.1, 0.15) is 21.5 Å². The first-order chi connectivity index (χ1) is 11.9. The number of benzene rings is 2. The first kappa shape index (κ1) is 17.0. The van der Waals surface area contributed by atoms with E-state index in [4.69, 9.17) is 0 Å². The van der Waals surface area contributed by atoms with E-state index in [-0.39, 0.29) is 16.7 Å². The van der Waals surface area contributed by atoms with Crippen molar-refractivity contribution in [1.82, 2.24) is 0 Å². The van der Waals surface area contributed by atoms with Crippen molar-refractivity contribution in [2.24, 2.45) is 0 Å². The molecule has 0 bridgehead atoms. The number of amides is 2. The molecule has 0 radical (unpaired) electrons. The number of nitrogens with one attached hydrogen (secondary N) is 1. The normalized spacial score (nSPS) is 17.0. The van der Waals surface area contributed by atoms with Crippen LogP contribution in [-0.2, 0) is 4.79 Å². The van der Waals surface area contributed by atoms with Crippen LogP contribution in [-0.4, -0.2) is 22.5 Å². The number of aromatic carboxylic acids is 1. The highest BCUT2D eigenvalue weighted by molar-refractivity contribution is 8.16. The highest BCUT2D eigenvalue weighted by Crippen LogP contribution is 2.33. The van der Waals surface area contributed by atoms with Crippen LogP contribution in [0.4, 0.5) is 16.2 Å². The number of carboxylic acids is 1. The van der Waals surface area contributed by atoms with Crippen LogP contribution >= 0.6 is 11.8 Å². The Bertz CT molecular complexity index is 864. The molecule has 2 aromatic carbocycles. The van der Waals surface area contributed by atoms with Crippen molar-refractivity contribution in [2.45, 2.75) is 19.2 Å². The lowest BCUT2D eigenvalue weighted by Crippen LogP contribution is -2.34. The second-order valence-electron chi connectivity index (χ2n) is 5.72. The maximum Gasteiger partial charge on any atom is 0.295 e. The molecule has 7 heteroatoms. The van der Waals surface area contributed by atoms with Gasteiger partial charge >= 0.3 is 0 Å². The van der Waals surface area contributed by atoms with Gasteiger partial charge in [-0.1, -0.05) is 18.2 Å². The highest BCUT2D eigenvalue weighted by Gasteiger charge is 2.40. The van der Waals surface area contributed by atoms with Crippen molar-refractivity contribution < 1.29 is 19.5 Å². The zero-order valence-electron chi connectivity index (χ0n) is 13.6. The lowest BCUT2D eigenvalue weighted by Gasteiger charge is -2.16. The molecule has 3 rings (SSSR count). The summed E-state index contributed by atoms with van der Waals surface area (Å²) in [6.45, 7) is 3.88. The number of imide groups is 1. The summed E-state index contributed by atoms with van der Waals surface area (Å²) >= 11 is 0.890. The first-order valence-corrected chi connectivity index (χ1v) is 8.44. The van der Waals surface area contributed by atoms with Gasteiger partial charge in [0.25, 0.3) is 11.1 Å². The number of anilines is 2. The fourth-order valence-corrected chi connectivity index (χ4v) is 3.36. The molecule has 1 aliphatic heterocycles. The second-order valence-corrected chi connectivity index (χ2v) is 6.77. The Balaban J connectivity index is 1.78. The third kappa shape index (κ3) is 3.36. The predicted molar refractivity (Wildman–Crippen MR) is 94.6 cm³/mol. The molecule has 1 N–H and O–H groups in total. The molecule has 2 amide bonds. The van der Waals surface area contributed by atoms with E-state index in [2.05, 4.69) is 5.32 Å². The summed E-state index contributed by atoms with van der Waals surface area (Å²) < 4.78 is 0. The van der Waals surface area contributed by atoms with Gasteiger partial charge in [-0.25, -0.2) is 4.90 Å². The molecule has 1 heterocycles. The van der Waals surface area contributed by atoms with Gasteiger partial charge in [-0.05, 0) is 66.6 Å². The van der Waals surface area contributed by atoms with Crippen molar-refractivity contribution >= 4 is 40.3 Å². The Morgan fingerprint density at radius 1 is 1.08 bits per heavy atom. The van der Waals surface area contributed by atoms with Gasteiger partial charge in [0.1, 0.15) is 0 Å². The Morgan fingerprint density at radius 3 is 2.36 bits per heavy atom. The maximum absolute atomic E-state index is 12.6.